The van der Waals surface area contributed by atoms with Crippen LogP contribution in [-0.2, 0) is 14.4 Å². The lowest BCUT2D eigenvalue weighted by Crippen LogP contribution is -2.52. The Morgan fingerprint density at radius 3 is 1.58 bits per heavy atom. The number of hydrogen-bond acceptors (Lipinski definition) is 3. The number of primary amides is 2. The van der Waals surface area contributed by atoms with E-state index in [0.29, 0.717) is 0 Å². The van der Waals surface area contributed by atoms with Gasteiger partial charge in [0.05, 0.1) is 0 Å². The number of carboxylic acid groups (broad SMARTS) is 1. The van der Waals surface area contributed by atoms with E-state index >= 15 is 0 Å². The summed E-state index contributed by atoms with van der Waals surface area (Å²) in [6, 6.07) is 0. The van der Waals surface area contributed by atoms with Crippen molar-refractivity contribution in [1.82, 2.24) is 0 Å². The first-order chi connectivity index (χ1) is 5.39. The van der Waals surface area contributed by atoms with Crippen molar-refractivity contribution in [2.75, 3.05) is 0 Å². The molecule has 5 N–H and O–H groups in total. The molecule has 0 radical (unpaired) electrons. The zero-order valence-corrected chi connectivity index (χ0v) is 6.53. The van der Waals surface area contributed by atoms with Gasteiger partial charge in [0, 0.05) is 0 Å². The number of aliphatic carboxylic acids is 1. The maximum atomic E-state index is 10.7. The number of carbonyl (C=O) groups excluding carboxylic acids is 2. The fraction of sp³-hybridized carbons (Fsp3) is 0.500. The van der Waals surface area contributed by atoms with Crippen molar-refractivity contribution in [2.45, 2.75) is 13.3 Å². The highest BCUT2D eigenvalue weighted by Gasteiger charge is 2.49. The Morgan fingerprint density at radius 2 is 1.58 bits per heavy atom. The predicted molar refractivity (Wildman–Crippen MR) is 38.7 cm³/mol. The number of amides is 2. The van der Waals surface area contributed by atoms with Crippen LogP contribution < -0.4 is 11.5 Å². The van der Waals surface area contributed by atoms with Gasteiger partial charge in [0.2, 0.25) is 17.2 Å². The smallest absolute Gasteiger partial charge is 0.328 e. The van der Waals surface area contributed by atoms with E-state index in [9.17, 15) is 14.4 Å². The molecule has 0 fully saturated rings. The lowest BCUT2D eigenvalue weighted by molar-refractivity contribution is -0.159. The van der Waals surface area contributed by atoms with Crippen LogP contribution in [0.15, 0.2) is 0 Å². The van der Waals surface area contributed by atoms with E-state index < -0.39 is 23.2 Å². The second-order valence-electron chi connectivity index (χ2n) is 2.29. The van der Waals surface area contributed by atoms with Crippen molar-refractivity contribution in [3.05, 3.63) is 0 Å². The maximum Gasteiger partial charge on any atom is 0.328 e. The quantitative estimate of drug-likeness (QED) is 0.445. The zero-order valence-electron chi connectivity index (χ0n) is 6.53. The Hall–Kier alpha value is -1.59. The zero-order chi connectivity index (χ0) is 9.94. The largest absolute Gasteiger partial charge is 0.480 e. The second kappa shape index (κ2) is 3.21. The molecule has 0 spiro atoms. The van der Waals surface area contributed by atoms with Crippen LogP contribution >= 0.6 is 0 Å². The monoisotopic (exact) mass is 174 g/mol. The molecule has 6 heteroatoms. The van der Waals surface area contributed by atoms with Crippen LogP contribution in [0.4, 0.5) is 0 Å². The molecule has 12 heavy (non-hydrogen) atoms. The summed E-state index contributed by atoms with van der Waals surface area (Å²) in [7, 11) is 0. The van der Waals surface area contributed by atoms with Crippen molar-refractivity contribution in [3.63, 3.8) is 0 Å². The minimum absolute atomic E-state index is 0.243. The molecule has 0 aliphatic rings. The maximum absolute atomic E-state index is 10.7. The lowest BCUT2D eigenvalue weighted by Gasteiger charge is -2.19. The van der Waals surface area contributed by atoms with Gasteiger partial charge in [-0.15, -0.1) is 0 Å². The summed E-state index contributed by atoms with van der Waals surface area (Å²) in [4.78, 5) is 31.9. The first-order valence-corrected chi connectivity index (χ1v) is 3.22. The lowest BCUT2D eigenvalue weighted by atomic mass is 9.84. The molecule has 0 aliphatic carbocycles. The van der Waals surface area contributed by atoms with Crippen LogP contribution in [0.2, 0.25) is 0 Å². The molecule has 0 aromatic carbocycles. The Bertz CT molecular complexity index is 200. The molecule has 0 heterocycles. The minimum Gasteiger partial charge on any atom is -0.480 e. The van der Waals surface area contributed by atoms with Crippen molar-refractivity contribution in [1.29, 1.82) is 0 Å². The van der Waals surface area contributed by atoms with E-state index in [4.69, 9.17) is 16.6 Å². The number of nitrogens with two attached hydrogens (primary N) is 2. The van der Waals surface area contributed by atoms with E-state index in [1.54, 1.807) is 0 Å². The third-order valence-electron chi connectivity index (χ3n) is 1.74. The van der Waals surface area contributed by atoms with Gasteiger partial charge in [-0.1, -0.05) is 6.92 Å². The first-order valence-electron chi connectivity index (χ1n) is 3.22. The summed E-state index contributed by atoms with van der Waals surface area (Å²) in [5, 5.41) is 8.56. The first kappa shape index (κ1) is 10.4. The fourth-order valence-electron chi connectivity index (χ4n) is 0.832. The summed E-state index contributed by atoms with van der Waals surface area (Å²) in [6.45, 7) is 1.35. The van der Waals surface area contributed by atoms with Gasteiger partial charge in [0.15, 0.2) is 0 Å². The average Bonchev–Trinajstić information content (AvgIpc) is 1.86. The fourth-order valence-corrected chi connectivity index (χ4v) is 0.832. The van der Waals surface area contributed by atoms with Crippen molar-refractivity contribution in [3.8, 4) is 0 Å². The van der Waals surface area contributed by atoms with Gasteiger partial charge < -0.3 is 16.6 Å². The average molecular weight is 174 g/mol. The Morgan fingerprint density at radius 1 is 1.25 bits per heavy atom. The predicted octanol–water partition coefficient (Wildman–Crippen LogP) is -1.56. The number of carbonyl (C=O) groups is 3. The molecule has 0 unspecified atom stereocenters. The number of carboxylic acids is 1. The van der Waals surface area contributed by atoms with Gasteiger partial charge in [-0.2, -0.15) is 0 Å². The van der Waals surface area contributed by atoms with Gasteiger partial charge in [-0.05, 0) is 6.42 Å². The minimum atomic E-state index is -2.26. The molecule has 0 aliphatic heterocycles. The third-order valence-corrected chi connectivity index (χ3v) is 1.74. The van der Waals surface area contributed by atoms with Crippen molar-refractivity contribution in [2.24, 2.45) is 16.9 Å². The molecule has 2 amide bonds. The molecular weight excluding hydrogens is 164 g/mol. The van der Waals surface area contributed by atoms with Gasteiger partial charge in [0.25, 0.3) is 0 Å². The SMILES string of the molecule is CCC(C(N)=O)(C(N)=O)C(=O)O. The molecule has 0 saturated heterocycles. The van der Waals surface area contributed by atoms with Gasteiger partial charge in [-0.25, -0.2) is 0 Å². The van der Waals surface area contributed by atoms with Crippen LogP contribution in [0.1, 0.15) is 13.3 Å². The normalized spacial score (nSPS) is 10.8. The highest BCUT2D eigenvalue weighted by molar-refractivity contribution is 6.19. The van der Waals surface area contributed by atoms with Crippen molar-refractivity contribution >= 4 is 17.8 Å². The molecule has 0 saturated carbocycles. The standard InChI is InChI=1S/C6H10N2O4/c1-2-6(3(7)9,4(8)10)5(11)12/h2H2,1H3,(H2,7,9)(H2,8,10)(H,11,12). The number of rotatable bonds is 4. The van der Waals surface area contributed by atoms with E-state index in [1.165, 1.54) is 6.92 Å². The highest BCUT2D eigenvalue weighted by atomic mass is 16.4. The van der Waals surface area contributed by atoms with Crippen LogP contribution in [0.3, 0.4) is 0 Å². The topological polar surface area (TPSA) is 123 Å². The number of hydrogen-bond donors (Lipinski definition) is 3. The molecule has 0 atom stereocenters. The van der Waals surface area contributed by atoms with E-state index in [1.807, 2.05) is 0 Å². The van der Waals surface area contributed by atoms with E-state index in [0.717, 1.165) is 0 Å². The van der Waals surface area contributed by atoms with Gasteiger partial charge in [0.1, 0.15) is 0 Å². The van der Waals surface area contributed by atoms with Gasteiger partial charge in [-0.3, -0.25) is 14.4 Å². The van der Waals surface area contributed by atoms with Crippen LogP contribution in [0.25, 0.3) is 0 Å². The summed E-state index contributed by atoms with van der Waals surface area (Å²) in [6.07, 6.45) is -0.243. The van der Waals surface area contributed by atoms with Gasteiger partial charge >= 0.3 is 5.97 Å². The molecule has 0 aromatic heterocycles. The Kier molecular flexibility index (Phi) is 2.78. The summed E-state index contributed by atoms with van der Waals surface area (Å²) in [5.41, 5.74) is 7.26. The summed E-state index contributed by atoms with van der Waals surface area (Å²) in [5.74, 6) is -4.07. The molecule has 0 bridgehead atoms. The third kappa shape index (κ3) is 1.23. The second-order valence-corrected chi connectivity index (χ2v) is 2.29. The van der Waals surface area contributed by atoms with Crippen LogP contribution in [0.5, 0.6) is 0 Å². The molecule has 0 rings (SSSR count). The van der Waals surface area contributed by atoms with Crippen LogP contribution in [-0.4, -0.2) is 22.9 Å². The molecule has 6 nitrogen and oxygen atoms in total. The molecule has 0 aromatic rings. The molecule has 68 valence electrons. The summed E-state index contributed by atoms with van der Waals surface area (Å²) >= 11 is 0. The Balaban J connectivity index is 5.19. The summed E-state index contributed by atoms with van der Waals surface area (Å²) < 4.78 is 0. The van der Waals surface area contributed by atoms with Crippen LogP contribution in [0, 0.1) is 5.41 Å². The van der Waals surface area contributed by atoms with E-state index in [2.05, 4.69) is 0 Å². The Labute approximate surface area is 68.5 Å². The van der Waals surface area contributed by atoms with E-state index in [-0.39, 0.29) is 6.42 Å². The van der Waals surface area contributed by atoms with Crippen molar-refractivity contribution < 1.29 is 19.5 Å². The molecular formula is C6H10N2O4. The highest BCUT2D eigenvalue weighted by Crippen LogP contribution is 2.20.